The lowest BCUT2D eigenvalue weighted by Gasteiger charge is -2.34. The van der Waals surface area contributed by atoms with Crippen LogP contribution in [0.15, 0.2) is 18.5 Å². The molecule has 0 radical (unpaired) electrons. The number of carbonyl (C=O) groups is 1. The highest BCUT2D eigenvalue weighted by atomic mass is 35.5. The van der Waals surface area contributed by atoms with Crippen LogP contribution in [0.5, 0.6) is 0 Å². The number of nitrogens with zero attached hydrogens (tertiary/aromatic N) is 3. The standard InChI is InChI=1S/C18H17Cl2F6N3O/c1-5-29(16(2,3)4)15(30)12-14(18(24,25)26)28(8-27-12)13-10(19)6-9(7-11(13)20)17(21,22)23/h6-8H,5H2,1-4H3. The first kappa shape index (κ1) is 24.3. The van der Waals surface area contributed by atoms with E-state index in [1.165, 1.54) is 4.90 Å². The number of rotatable bonds is 3. The van der Waals surface area contributed by atoms with Crippen LogP contribution in [0.25, 0.3) is 5.69 Å². The smallest absolute Gasteiger partial charge is 0.333 e. The summed E-state index contributed by atoms with van der Waals surface area (Å²) in [6, 6.07) is 0.913. The summed E-state index contributed by atoms with van der Waals surface area (Å²) in [4.78, 5) is 17.6. The average molecular weight is 476 g/mol. The van der Waals surface area contributed by atoms with Crippen LogP contribution in [0, 0.1) is 0 Å². The number of aromatic nitrogens is 2. The van der Waals surface area contributed by atoms with Gasteiger partial charge in [0.15, 0.2) is 11.4 Å². The summed E-state index contributed by atoms with van der Waals surface area (Å²) in [5.41, 5.74) is -4.99. The van der Waals surface area contributed by atoms with Crippen LogP contribution in [0.3, 0.4) is 0 Å². The molecule has 0 unspecified atom stereocenters. The van der Waals surface area contributed by atoms with E-state index in [0.29, 0.717) is 23.0 Å². The van der Waals surface area contributed by atoms with Gasteiger partial charge in [0.05, 0.1) is 21.3 Å². The third kappa shape index (κ3) is 4.69. The quantitative estimate of drug-likeness (QED) is 0.476. The van der Waals surface area contributed by atoms with Crippen LogP contribution < -0.4 is 0 Å². The highest BCUT2D eigenvalue weighted by Gasteiger charge is 2.43. The Morgan fingerprint density at radius 1 is 1.03 bits per heavy atom. The van der Waals surface area contributed by atoms with Crippen molar-refractivity contribution in [3.63, 3.8) is 0 Å². The van der Waals surface area contributed by atoms with Gasteiger partial charge in [-0.25, -0.2) is 4.98 Å². The molecule has 30 heavy (non-hydrogen) atoms. The van der Waals surface area contributed by atoms with Gasteiger partial charge in [0, 0.05) is 12.1 Å². The number of hydrogen-bond acceptors (Lipinski definition) is 2. The summed E-state index contributed by atoms with van der Waals surface area (Å²) < 4.78 is 80.8. The summed E-state index contributed by atoms with van der Waals surface area (Å²) in [5.74, 6) is -0.991. The van der Waals surface area contributed by atoms with E-state index in [9.17, 15) is 31.1 Å². The van der Waals surface area contributed by atoms with Crippen LogP contribution in [0.4, 0.5) is 26.3 Å². The van der Waals surface area contributed by atoms with Crippen molar-refractivity contribution >= 4 is 29.1 Å². The van der Waals surface area contributed by atoms with Crippen LogP contribution in [0.2, 0.25) is 10.0 Å². The molecule has 1 amide bonds. The zero-order valence-electron chi connectivity index (χ0n) is 16.2. The minimum absolute atomic E-state index is 0.105. The lowest BCUT2D eigenvalue weighted by molar-refractivity contribution is -0.143. The maximum Gasteiger partial charge on any atom is 0.434 e. The Kier molecular flexibility index (Phi) is 6.45. The lowest BCUT2D eigenvalue weighted by atomic mass is 10.1. The fourth-order valence-corrected chi connectivity index (χ4v) is 3.62. The van der Waals surface area contributed by atoms with Crippen LogP contribution in [-0.4, -0.2) is 32.4 Å². The monoisotopic (exact) mass is 475 g/mol. The third-order valence-electron chi connectivity index (χ3n) is 4.19. The largest absolute Gasteiger partial charge is 0.434 e. The first-order chi connectivity index (χ1) is 13.5. The second-order valence-electron chi connectivity index (χ2n) is 7.32. The molecule has 0 saturated heterocycles. The Balaban J connectivity index is 2.75. The maximum absolute atomic E-state index is 13.9. The van der Waals surface area contributed by atoms with Crippen molar-refractivity contribution in [2.75, 3.05) is 6.54 Å². The van der Waals surface area contributed by atoms with Crippen molar-refractivity contribution < 1.29 is 31.1 Å². The molecule has 4 nitrogen and oxygen atoms in total. The SMILES string of the molecule is CCN(C(=O)c1ncn(-c2c(Cl)cc(C(F)(F)F)cc2Cl)c1C(F)(F)F)C(C)(C)C. The zero-order valence-corrected chi connectivity index (χ0v) is 17.7. The van der Waals surface area contributed by atoms with Crippen molar-refractivity contribution in [2.45, 2.75) is 45.6 Å². The van der Waals surface area contributed by atoms with Crippen molar-refractivity contribution in [3.05, 3.63) is 45.5 Å². The molecule has 1 aromatic heterocycles. The number of carbonyl (C=O) groups excluding carboxylic acids is 1. The van der Waals surface area contributed by atoms with Crippen LogP contribution >= 0.6 is 23.2 Å². The highest BCUT2D eigenvalue weighted by molar-refractivity contribution is 6.38. The molecule has 1 aromatic carbocycles. The summed E-state index contributed by atoms with van der Waals surface area (Å²) >= 11 is 11.7. The lowest BCUT2D eigenvalue weighted by Crippen LogP contribution is -2.46. The minimum atomic E-state index is -5.08. The summed E-state index contributed by atoms with van der Waals surface area (Å²) in [7, 11) is 0. The van der Waals surface area contributed by atoms with E-state index < -0.39 is 56.5 Å². The fraction of sp³-hybridized carbons (Fsp3) is 0.444. The summed E-state index contributed by atoms with van der Waals surface area (Å²) in [6.07, 6.45) is -9.22. The van der Waals surface area contributed by atoms with E-state index in [4.69, 9.17) is 23.2 Å². The summed E-state index contributed by atoms with van der Waals surface area (Å²) in [6.45, 7) is 6.62. The van der Waals surface area contributed by atoms with E-state index in [1.807, 2.05) is 0 Å². The molecule has 2 rings (SSSR count). The molecule has 0 fully saturated rings. The molecule has 0 aliphatic carbocycles. The average Bonchev–Trinajstić information content (AvgIpc) is 2.97. The van der Waals surface area contributed by atoms with Crippen LogP contribution in [0.1, 0.15) is 49.4 Å². The Labute approximate surface area is 178 Å². The number of hydrogen-bond donors (Lipinski definition) is 0. The van der Waals surface area contributed by atoms with E-state index in [-0.39, 0.29) is 6.54 Å². The van der Waals surface area contributed by atoms with Gasteiger partial charge in [-0.3, -0.25) is 9.36 Å². The minimum Gasteiger partial charge on any atom is -0.333 e. The predicted molar refractivity (Wildman–Crippen MR) is 100 cm³/mol. The molecular formula is C18H17Cl2F6N3O. The molecular weight excluding hydrogens is 459 g/mol. The Morgan fingerprint density at radius 3 is 1.90 bits per heavy atom. The van der Waals surface area contributed by atoms with E-state index in [0.717, 1.165) is 0 Å². The number of halogens is 8. The van der Waals surface area contributed by atoms with Crippen molar-refractivity contribution in [1.29, 1.82) is 0 Å². The van der Waals surface area contributed by atoms with Crippen molar-refractivity contribution in [1.82, 2.24) is 14.5 Å². The molecule has 0 saturated carbocycles. The van der Waals surface area contributed by atoms with Crippen molar-refractivity contribution in [3.8, 4) is 5.69 Å². The van der Waals surface area contributed by atoms with Gasteiger partial charge in [0.25, 0.3) is 5.91 Å². The Bertz CT molecular complexity index is 937. The predicted octanol–water partition coefficient (Wildman–Crippen LogP) is 6.48. The number of imidazole rings is 1. The Hall–Kier alpha value is -1.94. The zero-order chi connectivity index (χ0) is 23.2. The molecule has 0 spiro atoms. The number of alkyl halides is 6. The van der Waals surface area contributed by atoms with Crippen LogP contribution in [-0.2, 0) is 12.4 Å². The normalized spacial score (nSPS) is 12.9. The van der Waals surface area contributed by atoms with E-state index in [2.05, 4.69) is 4.98 Å². The topological polar surface area (TPSA) is 38.1 Å². The van der Waals surface area contributed by atoms with Gasteiger partial charge in [-0.05, 0) is 39.8 Å². The molecule has 0 bridgehead atoms. The molecule has 2 aromatic rings. The van der Waals surface area contributed by atoms with Gasteiger partial charge < -0.3 is 4.90 Å². The van der Waals surface area contributed by atoms with Gasteiger partial charge in [-0.1, -0.05) is 23.2 Å². The van der Waals surface area contributed by atoms with Crippen molar-refractivity contribution in [2.24, 2.45) is 0 Å². The molecule has 12 heteroatoms. The van der Waals surface area contributed by atoms with Gasteiger partial charge in [0.2, 0.25) is 0 Å². The maximum atomic E-state index is 13.9. The molecule has 1 heterocycles. The first-order valence-corrected chi connectivity index (χ1v) is 9.28. The highest BCUT2D eigenvalue weighted by Crippen LogP contribution is 2.41. The Morgan fingerprint density at radius 2 is 1.53 bits per heavy atom. The second-order valence-corrected chi connectivity index (χ2v) is 8.13. The first-order valence-electron chi connectivity index (χ1n) is 8.53. The van der Waals surface area contributed by atoms with E-state index in [1.54, 1.807) is 27.7 Å². The number of benzene rings is 1. The molecule has 0 aliphatic heterocycles. The van der Waals surface area contributed by atoms with Gasteiger partial charge in [0.1, 0.15) is 6.33 Å². The summed E-state index contributed by atoms with van der Waals surface area (Å²) in [5, 5.41) is -1.36. The molecule has 0 aliphatic rings. The third-order valence-corrected chi connectivity index (χ3v) is 4.77. The molecule has 166 valence electrons. The molecule has 0 N–H and O–H groups in total. The fourth-order valence-electron chi connectivity index (χ4n) is 2.96. The second kappa shape index (κ2) is 7.96. The van der Waals surface area contributed by atoms with Gasteiger partial charge in [-0.2, -0.15) is 26.3 Å². The van der Waals surface area contributed by atoms with Gasteiger partial charge in [-0.15, -0.1) is 0 Å². The van der Waals surface area contributed by atoms with Gasteiger partial charge >= 0.3 is 12.4 Å². The van der Waals surface area contributed by atoms with E-state index >= 15 is 0 Å². The number of amides is 1. The molecule has 0 atom stereocenters.